The monoisotopic (exact) mass is 453 g/mol. The summed E-state index contributed by atoms with van der Waals surface area (Å²) >= 11 is 7.88. The normalized spacial score (nSPS) is 15.9. The average Bonchev–Trinajstić information content (AvgIpc) is 3.14. The molecule has 7 heteroatoms. The first-order valence-electron chi connectivity index (χ1n) is 10.3. The van der Waals surface area contributed by atoms with Gasteiger partial charge in [0.2, 0.25) is 0 Å². The summed E-state index contributed by atoms with van der Waals surface area (Å²) < 4.78 is 15.1. The van der Waals surface area contributed by atoms with Crippen molar-refractivity contribution in [3.05, 3.63) is 97.6 Å². The molecule has 0 unspecified atom stereocenters. The van der Waals surface area contributed by atoms with E-state index in [0.717, 1.165) is 57.7 Å². The minimum atomic E-state index is -0.303. The number of aryl methyl sites for hydroxylation is 1. The zero-order chi connectivity index (χ0) is 21.4. The van der Waals surface area contributed by atoms with Crippen LogP contribution in [0.25, 0.3) is 10.2 Å². The standard InChI is InChI=1S/C24H21ClFN3OS/c25-20-7-2-1-5-16(20)12-27-18-8-9-19-21(11-18)31-23-22(19)24(30)29(14-28-23)13-15-4-3-6-17(26)10-15/h1-7,10,14,18,27H,8-9,11-13H2/t18-/m1/s1. The zero-order valence-electron chi connectivity index (χ0n) is 16.8. The maximum Gasteiger partial charge on any atom is 0.262 e. The van der Waals surface area contributed by atoms with Crippen LogP contribution in [-0.2, 0) is 25.9 Å². The summed E-state index contributed by atoms with van der Waals surface area (Å²) in [6.07, 6.45) is 4.26. The summed E-state index contributed by atoms with van der Waals surface area (Å²) in [4.78, 5) is 19.7. The molecule has 0 aliphatic heterocycles. The number of benzene rings is 2. The van der Waals surface area contributed by atoms with Crippen molar-refractivity contribution in [2.45, 2.75) is 38.4 Å². The summed E-state index contributed by atoms with van der Waals surface area (Å²) in [7, 11) is 0. The predicted octanol–water partition coefficient (Wildman–Crippen LogP) is 4.95. The summed E-state index contributed by atoms with van der Waals surface area (Å²) in [6, 6.07) is 14.5. The van der Waals surface area contributed by atoms with Crippen molar-refractivity contribution >= 4 is 33.2 Å². The van der Waals surface area contributed by atoms with Gasteiger partial charge in [-0.3, -0.25) is 9.36 Å². The van der Waals surface area contributed by atoms with Crippen LogP contribution in [0.5, 0.6) is 0 Å². The molecule has 2 aromatic carbocycles. The lowest BCUT2D eigenvalue weighted by Crippen LogP contribution is -2.34. The van der Waals surface area contributed by atoms with E-state index in [-0.39, 0.29) is 11.4 Å². The highest BCUT2D eigenvalue weighted by molar-refractivity contribution is 7.18. The second kappa shape index (κ2) is 8.54. The number of hydrogen-bond donors (Lipinski definition) is 1. The fourth-order valence-corrected chi connectivity index (χ4v) is 5.68. The Labute approximate surface area is 188 Å². The molecule has 0 fully saturated rings. The van der Waals surface area contributed by atoms with E-state index in [1.165, 1.54) is 17.0 Å². The zero-order valence-corrected chi connectivity index (χ0v) is 18.3. The average molecular weight is 454 g/mol. The number of halogens is 2. The number of hydrogen-bond acceptors (Lipinski definition) is 4. The third-order valence-electron chi connectivity index (χ3n) is 5.82. The van der Waals surface area contributed by atoms with Gasteiger partial charge < -0.3 is 5.32 Å². The van der Waals surface area contributed by atoms with Crippen LogP contribution in [-0.4, -0.2) is 15.6 Å². The number of nitrogens with zero attached hydrogens (tertiary/aromatic N) is 2. The van der Waals surface area contributed by atoms with E-state index in [1.54, 1.807) is 28.3 Å². The van der Waals surface area contributed by atoms with Crippen molar-refractivity contribution in [2.24, 2.45) is 0 Å². The molecular weight excluding hydrogens is 433 g/mol. The van der Waals surface area contributed by atoms with Crippen LogP contribution in [0.4, 0.5) is 4.39 Å². The van der Waals surface area contributed by atoms with Crippen LogP contribution >= 0.6 is 22.9 Å². The highest BCUT2D eigenvalue weighted by Gasteiger charge is 2.25. The number of thiophene rings is 1. The van der Waals surface area contributed by atoms with Gasteiger partial charge in [0.15, 0.2) is 0 Å². The SMILES string of the molecule is O=c1c2c3c(sc2ncn1Cc1cccc(F)c1)C[C@H](NCc1ccccc1Cl)CC3. The van der Waals surface area contributed by atoms with Gasteiger partial charge in [-0.05, 0) is 54.2 Å². The first kappa shape index (κ1) is 20.4. The molecule has 4 nitrogen and oxygen atoms in total. The summed E-state index contributed by atoms with van der Waals surface area (Å²) in [5, 5.41) is 5.11. The van der Waals surface area contributed by atoms with E-state index < -0.39 is 0 Å². The molecule has 0 spiro atoms. The Bertz CT molecular complexity index is 1320. The van der Waals surface area contributed by atoms with Gasteiger partial charge in [0.05, 0.1) is 18.3 Å². The quantitative estimate of drug-likeness (QED) is 0.465. The Balaban J connectivity index is 1.37. The molecule has 1 atom stereocenters. The molecule has 31 heavy (non-hydrogen) atoms. The van der Waals surface area contributed by atoms with Gasteiger partial charge in [0, 0.05) is 22.5 Å². The van der Waals surface area contributed by atoms with E-state index in [2.05, 4.69) is 10.3 Å². The number of rotatable bonds is 5. The third kappa shape index (κ3) is 4.15. The molecule has 1 aliphatic rings. The fourth-order valence-electron chi connectivity index (χ4n) is 4.22. The lowest BCUT2D eigenvalue weighted by molar-refractivity contribution is 0.463. The van der Waals surface area contributed by atoms with Gasteiger partial charge in [0.1, 0.15) is 10.6 Å². The van der Waals surface area contributed by atoms with Crippen molar-refractivity contribution in [2.75, 3.05) is 0 Å². The van der Waals surface area contributed by atoms with Crippen molar-refractivity contribution in [3.8, 4) is 0 Å². The van der Waals surface area contributed by atoms with Crippen molar-refractivity contribution < 1.29 is 4.39 Å². The maximum atomic E-state index is 13.5. The summed E-state index contributed by atoms with van der Waals surface area (Å²) in [5.41, 5.74) is 2.92. The molecule has 0 bridgehead atoms. The van der Waals surface area contributed by atoms with E-state index in [4.69, 9.17) is 11.6 Å². The molecule has 0 saturated carbocycles. The Morgan fingerprint density at radius 1 is 1.23 bits per heavy atom. The van der Waals surface area contributed by atoms with Crippen LogP contribution in [0.1, 0.15) is 28.0 Å². The molecule has 158 valence electrons. The largest absolute Gasteiger partial charge is 0.309 e. The summed E-state index contributed by atoms with van der Waals surface area (Å²) in [6.45, 7) is 1.04. The second-order valence-electron chi connectivity index (χ2n) is 7.90. The molecule has 5 rings (SSSR count). The van der Waals surface area contributed by atoms with Gasteiger partial charge >= 0.3 is 0 Å². The lowest BCUT2D eigenvalue weighted by Gasteiger charge is -2.23. The van der Waals surface area contributed by atoms with Crippen LogP contribution in [0.15, 0.2) is 59.7 Å². The first-order valence-corrected chi connectivity index (χ1v) is 11.5. The molecule has 0 amide bonds. The third-order valence-corrected chi connectivity index (χ3v) is 7.35. The maximum absolute atomic E-state index is 13.5. The van der Waals surface area contributed by atoms with E-state index >= 15 is 0 Å². The second-order valence-corrected chi connectivity index (χ2v) is 9.39. The number of aromatic nitrogens is 2. The van der Waals surface area contributed by atoms with Crippen LogP contribution in [0, 0.1) is 5.82 Å². The Hall–Kier alpha value is -2.54. The lowest BCUT2D eigenvalue weighted by atomic mass is 9.93. The van der Waals surface area contributed by atoms with Crippen LogP contribution < -0.4 is 10.9 Å². The number of nitrogens with one attached hydrogen (secondary N) is 1. The molecule has 2 heterocycles. The summed E-state index contributed by atoms with van der Waals surface area (Å²) in [5.74, 6) is -0.303. The Morgan fingerprint density at radius 2 is 2.10 bits per heavy atom. The predicted molar refractivity (Wildman–Crippen MR) is 123 cm³/mol. The van der Waals surface area contributed by atoms with E-state index in [9.17, 15) is 9.18 Å². The highest BCUT2D eigenvalue weighted by atomic mass is 35.5. The fraction of sp³-hybridized carbons (Fsp3) is 0.250. The number of fused-ring (bicyclic) bond motifs is 3. The van der Waals surface area contributed by atoms with Gasteiger partial charge in [-0.25, -0.2) is 9.37 Å². The van der Waals surface area contributed by atoms with Crippen LogP contribution in [0.2, 0.25) is 5.02 Å². The molecule has 1 aliphatic carbocycles. The minimum absolute atomic E-state index is 0.0470. The van der Waals surface area contributed by atoms with Crippen molar-refractivity contribution in [1.82, 2.24) is 14.9 Å². The smallest absolute Gasteiger partial charge is 0.262 e. The van der Waals surface area contributed by atoms with Gasteiger partial charge in [-0.15, -0.1) is 11.3 Å². The minimum Gasteiger partial charge on any atom is -0.309 e. The van der Waals surface area contributed by atoms with Crippen LogP contribution in [0.3, 0.4) is 0 Å². The molecule has 0 radical (unpaired) electrons. The van der Waals surface area contributed by atoms with Crippen molar-refractivity contribution in [3.63, 3.8) is 0 Å². The molecule has 2 aromatic heterocycles. The molecule has 0 saturated heterocycles. The van der Waals surface area contributed by atoms with E-state index in [1.807, 2.05) is 30.3 Å². The Kier molecular flexibility index (Phi) is 5.61. The first-order chi connectivity index (χ1) is 15.1. The van der Waals surface area contributed by atoms with Crippen molar-refractivity contribution in [1.29, 1.82) is 0 Å². The van der Waals surface area contributed by atoms with E-state index in [0.29, 0.717) is 12.6 Å². The molecular formula is C24H21ClFN3OS. The van der Waals surface area contributed by atoms with Gasteiger partial charge in [-0.1, -0.05) is 41.9 Å². The topological polar surface area (TPSA) is 46.9 Å². The highest BCUT2D eigenvalue weighted by Crippen LogP contribution is 2.34. The van der Waals surface area contributed by atoms with Gasteiger partial charge in [0.25, 0.3) is 5.56 Å². The molecule has 1 N–H and O–H groups in total. The van der Waals surface area contributed by atoms with Gasteiger partial charge in [-0.2, -0.15) is 0 Å². The molecule has 4 aromatic rings. The Morgan fingerprint density at radius 3 is 2.94 bits per heavy atom.